The maximum Gasteiger partial charge on any atom is 0.0924 e. The van der Waals surface area contributed by atoms with E-state index in [1.54, 1.807) is 6.20 Å². The third kappa shape index (κ3) is 1.46. The fourth-order valence-electron chi connectivity index (χ4n) is 2.42. The molecule has 0 aliphatic heterocycles. The van der Waals surface area contributed by atoms with Crippen molar-refractivity contribution in [3.63, 3.8) is 0 Å². The Bertz CT molecular complexity index is 540. The minimum Gasteiger partial charge on any atom is -0.387 e. The van der Waals surface area contributed by atoms with Crippen molar-refractivity contribution in [1.29, 1.82) is 0 Å². The SMILES string of the molecule is O[C@H]1c2c(ccc3ncccc23)CC[C@@H]1Br. The Morgan fingerprint density at radius 1 is 1.31 bits per heavy atom. The van der Waals surface area contributed by atoms with Crippen LogP contribution < -0.4 is 0 Å². The average Bonchev–Trinajstić information content (AvgIpc) is 2.33. The fraction of sp³-hybridized carbons (Fsp3) is 0.308. The first kappa shape index (κ1) is 10.2. The molecule has 1 N–H and O–H groups in total. The van der Waals surface area contributed by atoms with E-state index in [-0.39, 0.29) is 4.83 Å². The molecule has 3 rings (SSSR count). The number of nitrogens with zero attached hydrogens (tertiary/aromatic N) is 1. The summed E-state index contributed by atoms with van der Waals surface area (Å²) < 4.78 is 0. The van der Waals surface area contributed by atoms with Crippen LogP contribution in [0, 0.1) is 0 Å². The van der Waals surface area contributed by atoms with Gasteiger partial charge in [-0.2, -0.15) is 0 Å². The largest absolute Gasteiger partial charge is 0.387 e. The van der Waals surface area contributed by atoms with Gasteiger partial charge in [-0.25, -0.2) is 0 Å². The standard InChI is InChI=1S/C13H12BrNO/c14-10-5-3-8-4-6-11-9(2-1-7-15-11)12(8)13(10)16/h1-2,4,6-7,10,13,16H,3,5H2/t10-,13+/m0/s1. The number of fused-ring (bicyclic) bond motifs is 3. The van der Waals surface area contributed by atoms with Crippen molar-refractivity contribution >= 4 is 26.8 Å². The normalized spacial score (nSPS) is 24.4. The Kier molecular flexibility index (Phi) is 2.45. The summed E-state index contributed by atoms with van der Waals surface area (Å²) in [4.78, 5) is 4.48. The van der Waals surface area contributed by atoms with E-state index in [9.17, 15) is 5.11 Å². The molecule has 0 bridgehead atoms. The van der Waals surface area contributed by atoms with E-state index < -0.39 is 6.10 Å². The van der Waals surface area contributed by atoms with Crippen LogP contribution in [0.25, 0.3) is 10.9 Å². The van der Waals surface area contributed by atoms with E-state index in [2.05, 4.69) is 27.0 Å². The van der Waals surface area contributed by atoms with Crippen LogP contribution in [-0.2, 0) is 6.42 Å². The second-order valence-corrected chi connectivity index (χ2v) is 5.38. The van der Waals surface area contributed by atoms with Gasteiger partial charge in [0.05, 0.1) is 11.6 Å². The first-order valence-electron chi connectivity index (χ1n) is 5.46. The number of hydrogen-bond donors (Lipinski definition) is 1. The zero-order chi connectivity index (χ0) is 11.1. The molecule has 82 valence electrons. The Balaban J connectivity index is 2.32. The van der Waals surface area contributed by atoms with Crippen molar-refractivity contribution in [2.45, 2.75) is 23.8 Å². The molecule has 1 aromatic carbocycles. The molecule has 16 heavy (non-hydrogen) atoms. The number of aromatic nitrogens is 1. The van der Waals surface area contributed by atoms with Gasteiger partial charge in [-0.15, -0.1) is 0 Å². The number of hydrogen-bond acceptors (Lipinski definition) is 2. The smallest absolute Gasteiger partial charge is 0.0924 e. The minimum atomic E-state index is -0.420. The molecular formula is C13H12BrNO. The van der Waals surface area contributed by atoms with Crippen molar-refractivity contribution < 1.29 is 5.11 Å². The van der Waals surface area contributed by atoms with Crippen molar-refractivity contribution in [2.24, 2.45) is 0 Å². The predicted molar refractivity (Wildman–Crippen MR) is 67.7 cm³/mol. The third-order valence-electron chi connectivity index (χ3n) is 3.24. The molecule has 0 fully saturated rings. The molecule has 2 nitrogen and oxygen atoms in total. The maximum absolute atomic E-state index is 10.3. The highest BCUT2D eigenvalue weighted by atomic mass is 79.9. The lowest BCUT2D eigenvalue weighted by molar-refractivity contribution is 0.167. The summed E-state index contributed by atoms with van der Waals surface area (Å²) in [6, 6.07) is 8.09. The molecule has 1 aromatic heterocycles. The molecule has 2 atom stereocenters. The first-order valence-corrected chi connectivity index (χ1v) is 6.37. The van der Waals surface area contributed by atoms with Crippen LogP contribution in [-0.4, -0.2) is 14.9 Å². The second kappa shape index (κ2) is 3.82. The van der Waals surface area contributed by atoms with Gasteiger partial charge < -0.3 is 5.11 Å². The number of rotatable bonds is 0. The van der Waals surface area contributed by atoms with Crippen LogP contribution in [0.1, 0.15) is 23.7 Å². The van der Waals surface area contributed by atoms with Gasteiger partial charge in [0.25, 0.3) is 0 Å². The Morgan fingerprint density at radius 2 is 2.19 bits per heavy atom. The minimum absolute atomic E-state index is 0.158. The van der Waals surface area contributed by atoms with E-state index in [1.165, 1.54) is 5.56 Å². The first-order chi connectivity index (χ1) is 7.77. The van der Waals surface area contributed by atoms with Gasteiger partial charge in [0.1, 0.15) is 0 Å². The van der Waals surface area contributed by atoms with Gasteiger partial charge in [0, 0.05) is 16.4 Å². The quantitative estimate of drug-likeness (QED) is 0.751. The van der Waals surface area contributed by atoms with E-state index in [1.807, 2.05) is 18.2 Å². The van der Waals surface area contributed by atoms with Crippen LogP contribution in [0.15, 0.2) is 30.5 Å². The number of benzene rings is 1. The summed E-state index contributed by atoms with van der Waals surface area (Å²) in [7, 11) is 0. The molecule has 0 amide bonds. The van der Waals surface area contributed by atoms with Crippen molar-refractivity contribution in [1.82, 2.24) is 4.98 Å². The number of aliphatic hydroxyl groups is 1. The lowest BCUT2D eigenvalue weighted by atomic mass is 9.87. The molecular weight excluding hydrogens is 266 g/mol. The van der Waals surface area contributed by atoms with Crippen LogP contribution in [0.4, 0.5) is 0 Å². The van der Waals surface area contributed by atoms with E-state index >= 15 is 0 Å². The zero-order valence-electron chi connectivity index (χ0n) is 8.73. The van der Waals surface area contributed by atoms with E-state index in [0.717, 1.165) is 29.3 Å². The Hall–Kier alpha value is -0.930. The number of alkyl halides is 1. The van der Waals surface area contributed by atoms with Crippen LogP contribution in [0.2, 0.25) is 0 Å². The van der Waals surface area contributed by atoms with Crippen molar-refractivity contribution in [3.05, 3.63) is 41.6 Å². The molecule has 2 aromatic rings. The zero-order valence-corrected chi connectivity index (χ0v) is 10.3. The summed E-state index contributed by atoms with van der Waals surface area (Å²) in [5.74, 6) is 0. The van der Waals surface area contributed by atoms with Gasteiger partial charge in [-0.3, -0.25) is 4.98 Å². The average molecular weight is 278 g/mol. The number of pyridine rings is 1. The molecule has 0 unspecified atom stereocenters. The lowest BCUT2D eigenvalue weighted by Gasteiger charge is -2.27. The highest BCUT2D eigenvalue weighted by molar-refractivity contribution is 9.09. The molecule has 1 aliphatic rings. The monoisotopic (exact) mass is 277 g/mol. The van der Waals surface area contributed by atoms with Gasteiger partial charge in [-0.1, -0.05) is 28.1 Å². The van der Waals surface area contributed by atoms with Gasteiger partial charge in [0.2, 0.25) is 0 Å². The Labute approximate surface area is 102 Å². The molecule has 0 saturated heterocycles. The maximum atomic E-state index is 10.3. The third-order valence-corrected chi connectivity index (χ3v) is 4.20. The summed E-state index contributed by atoms with van der Waals surface area (Å²) in [5, 5.41) is 11.3. The Morgan fingerprint density at radius 3 is 3.06 bits per heavy atom. The second-order valence-electron chi connectivity index (χ2n) is 4.21. The molecule has 1 heterocycles. The van der Waals surface area contributed by atoms with Gasteiger partial charge in [0.15, 0.2) is 0 Å². The highest BCUT2D eigenvalue weighted by Gasteiger charge is 2.27. The number of halogens is 1. The van der Waals surface area contributed by atoms with Crippen LogP contribution in [0.3, 0.4) is 0 Å². The molecule has 0 spiro atoms. The van der Waals surface area contributed by atoms with Crippen molar-refractivity contribution in [3.8, 4) is 0 Å². The lowest BCUT2D eigenvalue weighted by Crippen LogP contribution is -2.20. The van der Waals surface area contributed by atoms with Gasteiger partial charge >= 0.3 is 0 Å². The predicted octanol–water partition coefficient (Wildman–Crippen LogP) is 2.98. The fourth-order valence-corrected chi connectivity index (χ4v) is 2.91. The van der Waals surface area contributed by atoms with Gasteiger partial charge in [-0.05, 0) is 36.1 Å². The molecule has 0 radical (unpaired) electrons. The summed E-state index contributed by atoms with van der Waals surface area (Å²) in [6.07, 6.45) is 3.37. The summed E-state index contributed by atoms with van der Waals surface area (Å²) in [6.45, 7) is 0. The molecule has 3 heteroatoms. The molecule has 1 aliphatic carbocycles. The number of aryl methyl sites for hydroxylation is 1. The number of aliphatic hydroxyl groups excluding tert-OH is 1. The summed E-state index contributed by atoms with van der Waals surface area (Å²) >= 11 is 3.54. The summed E-state index contributed by atoms with van der Waals surface area (Å²) in [5.41, 5.74) is 3.27. The van der Waals surface area contributed by atoms with E-state index in [4.69, 9.17) is 0 Å². The van der Waals surface area contributed by atoms with Crippen LogP contribution >= 0.6 is 15.9 Å². The highest BCUT2D eigenvalue weighted by Crippen LogP contribution is 2.37. The van der Waals surface area contributed by atoms with Crippen LogP contribution in [0.5, 0.6) is 0 Å². The van der Waals surface area contributed by atoms with E-state index in [0.29, 0.717) is 0 Å². The molecule has 0 saturated carbocycles. The van der Waals surface area contributed by atoms with Crippen molar-refractivity contribution in [2.75, 3.05) is 0 Å². The topological polar surface area (TPSA) is 33.1 Å².